The molecule has 3 nitrogen and oxygen atoms in total. The molecule has 0 aliphatic carbocycles. The lowest BCUT2D eigenvalue weighted by molar-refractivity contribution is 0.305. The number of nitrogens with two attached hydrogens (primary N) is 1. The fraction of sp³-hybridized carbons (Fsp3) is 0.500. The van der Waals surface area contributed by atoms with Crippen molar-refractivity contribution in [2.45, 2.75) is 32.2 Å². The van der Waals surface area contributed by atoms with Crippen molar-refractivity contribution in [3.05, 3.63) is 35.4 Å². The molecule has 1 aromatic rings. The Morgan fingerprint density at radius 3 is 3.00 bits per heavy atom. The van der Waals surface area contributed by atoms with Crippen LogP contribution in [0.3, 0.4) is 0 Å². The third-order valence-electron chi connectivity index (χ3n) is 3.11. The Morgan fingerprint density at radius 1 is 1.41 bits per heavy atom. The molecule has 2 rings (SSSR count). The highest BCUT2D eigenvalue weighted by Gasteiger charge is 2.18. The van der Waals surface area contributed by atoms with Crippen molar-refractivity contribution in [2.24, 2.45) is 10.7 Å². The van der Waals surface area contributed by atoms with Gasteiger partial charge in [-0.2, -0.15) is 0 Å². The molecule has 1 aromatic carbocycles. The molecule has 1 aliphatic heterocycles. The molecule has 1 aliphatic rings. The van der Waals surface area contributed by atoms with Gasteiger partial charge in [0.1, 0.15) is 6.61 Å². The minimum Gasteiger partial charge on any atom is -0.478 e. The van der Waals surface area contributed by atoms with Gasteiger partial charge in [0.25, 0.3) is 0 Å². The molecule has 0 saturated heterocycles. The van der Waals surface area contributed by atoms with E-state index in [-0.39, 0.29) is 0 Å². The summed E-state index contributed by atoms with van der Waals surface area (Å²) in [6, 6.07) is 8.69. The number of hydrogen-bond acceptors (Lipinski definition) is 3. The molecule has 3 heteroatoms. The van der Waals surface area contributed by atoms with Gasteiger partial charge in [-0.1, -0.05) is 24.3 Å². The van der Waals surface area contributed by atoms with Crippen molar-refractivity contribution in [1.29, 1.82) is 0 Å². The summed E-state index contributed by atoms with van der Waals surface area (Å²) in [5.74, 6) is 0.876. The molecule has 1 heterocycles. The largest absolute Gasteiger partial charge is 0.478 e. The fourth-order valence-corrected chi connectivity index (χ4v) is 2.04. The topological polar surface area (TPSA) is 47.6 Å². The molecule has 1 atom stereocenters. The predicted molar refractivity (Wildman–Crippen MR) is 70.3 cm³/mol. The van der Waals surface area contributed by atoms with E-state index in [2.05, 4.69) is 36.2 Å². The lowest BCUT2D eigenvalue weighted by atomic mass is 10.1. The van der Waals surface area contributed by atoms with Gasteiger partial charge in [0.15, 0.2) is 5.90 Å². The maximum atomic E-state index is 5.63. The van der Waals surface area contributed by atoms with Crippen LogP contribution in [0, 0.1) is 6.92 Å². The van der Waals surface area contributed by atoms with E-state index in [0.29, 0.717) is 6.04 Å². The summed E-state index contributed by atoms with van der Waals surface area (Å²) >= 11 is 0. The number of hydrogen-bond donors (Lipinski definition) is 1. The van der Waals surface area contributed by atoms with Gasteiger partial charge in [-0.25, -0.2) is 4.99 Å². The smallest absolute Gasteiger partial charge is 0.188 e. The quantitative estimate of drug-likeness (QED) is 0.845. The number of aliphatic imine (C=N–C) groups is 1. The number of nitrogens with zero attached hydrogens (tertiary/aromatic N) is 1. The summed E-state index contributed by atoms with van der Waals surface area (Å²) < 4.78 is 5.63. The van der Waals surface area contributed by atoms with Crippen LogP contribution in [0.1, 0.15) is 24.0 Å². The minimum absolute atomic E-state index is 0.317. The molecule has 0 amide bonds. The van der Waals surface area contributed by atoms with E-state index in [9.17, 15) is 0 Å². The van der Waals surface area contributed by atoms with Gasteiger partial charge in [0.2, 0.25) is 0 Å². The zero-order chi connectivity index (χ0) is 12.1. The molecule has 0 spiro atoms. The number of ether oxygens (including phenoxy) is 1. The first kappa shape index (κ1) is 12.1. The second-order valence-corrected chi connectivity index (χ2v) is 4.52. The van der Waals surface area contributed by atoms with Crippen LogP contribution in [0.5, 0.6) is 0 Å². The monoisotopic (exact) mass is 232 g/mol. The van der Waals surface area contributed by atoms with Crippen LogP contribution >= 0.6 is 0 Å². The van der Waals surface area contributed by atoms with Crippen molar-refractivity contribution in [3.63, 3.8) is 0 Å². The Hall–Kier alpha value is -1.35. The van der Waals surface area contributed by atoms with Gasteiger partial charge in [0, 0.05) is 6.42 Å². The Balaban J connectivity index is 1.94. The Labute approximate surface area is 103 Å². The van der Waals surface area contributed by atoms with Crippen LogP contribution in [0.15, 0.2) is 29.3 Å². The van der Waals surface area contributed by atoms with Gasteiger partial charge in [-0.3, -0.25) is 0 Å². The Kier molecular flexibility index (Phi) is 4.15. The fourth-order valence-electron chi connectivity index (χ4n) is 2.04. The molecule has 0 aromatic heterocycles. The summed E-state index contributed by atoms with van der Waals surface area (Å²) in [4.78, 5) is 4.60. The maximum Gasteiger partial charge on any atom is 0.188 e. The van der Waals surface area contributed by atoms with Gasteiger partial charge >= 0.3 is 0 Å². The molecule has 0 bridgehead atoms. The molecule has 2 N–H and O–H groups in total. The van der Waals surface area contributed by atoms with Crippen LogP contribution in [0.4, 0.5) is 0 Å². The van der Waals surface area contributed by atoms with E-state index in [1.54, 1.807) is 0 Å². The van der Waals surface area contributed by atoms with Crippen molar-refractivity contribution < 1.29 is 4.74 Å². The standard InChI is InChI=1S/C14H20N2O/c1-11-5-2-3-6-12(11)9-14-16-13(10-17-14)7-4-8-15/h2-3,5-6,13H,4,7-10,15H2,1H3. The molecule has 0 fully saturated rings. The third-order valence-corrected chi connectivity index (χ3v) is 3.11. The first-order chi connectivity index (χ1) is 8.29. The number of aryl methyl sites for hydroxylation is 1. The Bertz CT molecular complexity index is 401. The summed E-state index contributed by atoms with van der Waals surface area (Å²) in [5.41, 5.74) is 8.09. The zero-order valence-corrected chi connectivity index (χ0v) is 10.4. The molecule has 0 saturated carbocycles. The number of rotatable bonds is 5. The summed E-state index contributed by atoms with van der Waals surface area (Å²) in [7, 11) is 0. The maximum absolute atomic E-state index is 5.63. The van der Waals surface area contributed by atoms with E-state index in [1.165, 1.54) is 11.1 Å². The summed E-state index contributed by atoms with van der Waals surface area (Å²) in [6.45, 7) is 3.58. The SMILES string of the molecule is Cc1ccccc1CC1=NC(CCCN)CO1. The Morgan fingerprint density at radius 2 is 2.24 bits per heavy atom. The number of benzene rings is 1. The highest BCUT2D eigenvalue weighted by atomic mass is 16.5. The first-order valence-corrected chi connectivity index (χ1v) is 6.23. The highest BCUT2D eigenvalue weighted by molar-refractivity contribution is 5.80. The summed E-state index contributed by atoms with van der Waals surface area (Å²) in [6.07, 6.45) is 2.87. The van der Waals surface area contributed by atoms with Crippen molar-refractivity contribution >= 4 is 5.90 Å². The molecular weight excluding hydrogens is 212 g/mol. The lowest BCUT2D eigenvalue weighted by Gasteiger charge is -2.04. The van der Waals surface area contributed by atoms with Crippen LogP contribution in [0.25, 0.3) is 0 Å². The van der Waals surface area contributed by atoms with Crippen LogP contribution in [-0.4, -0.2) is 25.1 Å². The molecular formula is C14H20N2O. The predicted octanol–water partition coefficient (Wildman–Crippen LogP) is 2.07. The lowest BCUT2D eigenvalue weighted by Crippen LogP contribution is -2.09. The molecule has 92 valence electrons. The second kappa shape index (κ2) is 5.82. The van der Waals surface area contributed by atoms with Crippen molar-refractivity contribution in [3.8, 4) is 0 Å². The van der Waals surface area contributed by atoms with E-state index in [1.807, 2.05) is 0 Å². The van der Waals surface area contributed by atoms with Crippen molar-refractivity contribution in [2.75, 3.05) is 13.2 Å². The normalized spacial score (nSPS) is 18.9. The van der Waals surface area contributed by atoms with E-state index in [0.717, 1.165) is 38.3 Å². The molecule has 17 heavy (non-hydrogen) atoms. The molecule has 0 radical (unpaired) electrons. The summed E-state index contributed by atoms with van der Waals surface area (Å²) in [5, 5.41) is 0. The minimum atomic E-state index is 0.317. The highest BCUT2D eigenvalue weighted by Crippen LogP contribution is 2.15. The van der Waals surface area contributed by atoms with Gasteiger partial charge < -0.3 is 10.5 Å². The van der Waals surface area contributed by atoms with E-state index in [4.69, 9.17) is 10.5 Å². The van der Waals surface area contributed by atoms with Crippen LogP contribution in [0.2, 0.25) is 0 Å². The zero-order valence-electron chi connectivity index (χ0n) is 10.4. The van der Waals surface area contributed by atoms with E-state index < -0.39 is 0 Å². The van der Waals surface area contributed by atoms with Gasteiger partial charge in [-0.15, -0.1) is 0 Å². The van der Waals surface area contributed by atoms with Gasteiger partial charge in [-0.05, 0) is 37.4 Å². The molecule has 1 unspecified atom stereocenters. The van der Waals surface area contributed by atoms with Crippen LogP contribution < -0.4 is 5.73 Å². The van der Waals surface area contributed by atoms with Gasteiger partial charge in [0.05, 0.1) is 6.04 Å². The second-order valence-electron chi connectivity index (χ2n) is 4.52. The van der Waals surface area contributed by atoms with Crippen LogP contribution in [-0.2, 0) is 11.2 Å². The average molecular weight is 232 g/mol. The first-order valence-electron chi connectivity index (χ1n) is 6.23. The average Bonchev–Trinajstić information content (AvgIpc) is 2.77. The third kappa shape index (κ3) is 3.30. The van der Waals surface area contributed by atoms with E-state index >= 15 is 0 Å². The van der Waals surface area contributed by atoms with Crippen molar-refractivity contribution in [1.82, 2.24) is 0 Å².